The Balaban J connectivity index is 1.74. The monoisotopic (exact) mass is 423 g/mol. The van der Waals surface area contributed by atoms with Crippen LogP contribution in [0.3, 0.4) is 0 Å². The van der Waals surface area contributed by atoms with Crippen LogP contribution in [0.5, 0.6) is 0 Å². The van der Waals surface area contributed by atoms with Crippen molar-refractivity contribution < 1.29 is 8.42 Å². The summed E-state index contributed by atoms with van der Waals surface area (Å²) in [7, 11) is -3.82. The van der Waals surface area contributed by atoms with Crippen LogP contribution >= 0.6 is 11.6 Å². The van der Waals surface area contributed by atoms with Gasteiger partial charge in [-0.15, -0.1) is 0 Å². The van der Waals surface area contributed by atoms with Crippen LogP contribution in [0.15, 0.2) is 71.9 Å². The molecular formula is C22H18ClN3O2S. The molecule has 5 rings (SSSR count). The third-order valence-electron chi connectivity index (χ3n) is 5.26. The van der Waals surface area contributed by atoms with Gasteiger partial charge in [0, 0.05) is 40.3 Å². The van der Waals surface area contributed by atoms with E-state index in [1.54, 1.807) is 24.4 Å². The van der Waals surface area contributed by atoms with E-state index in [1.807, 2.05) is 30.3 Å². The summed E-state index contributed by atoms with van der Waals surface area (Å²) in [6, 6.07) is 14.5. The average molecular weight is 424 g/mol. The zero-order chi connectivity index (χ0) is 20.0. The summed E-state index contributed by atoms with van der Waals surface area (Å²) in [5, 5.41) is 5.49. The maximum absolute atomic E-state index is 13.5. The number of para-hydroxylation sites is 1. The van der Waals surface area contributed by atoms with E-state index >= 15 is 0 Å². The Kier molecular flexibility index (Phi) is 4.42. The number of benzene rings is 2. The van der Waals surface area contributed by atoms with Crippen LogP contribution in [0, 0.1) is 0 Å². The van der Waals surface area contributed by atoms with Crippen molar-refractivity contribution in [2.75, 3.05) is 13.1 Å². The first-order chi connectivity index (χ1) is 14.0. The molecule has 0 spiro atoms. The third-order valence-corrected chi connectivity index (χ3v) is 7.14. The van der Waals surface area contributed by atoms with E-state index in [1.165, 1.54) is 10.2 Å². The second-order valence-electron chi connectivity index (χ2n) is 7.05. The van der Waals surface area contributed by atoms with E-state index < -0.39 is 10.0 Å². The van der Waals surface area contributed by atoms with Gasteiger partial charge in [0.1, 0.15) is 4.90 Å². The van der Waals surface area contributed by atoms with Crippen LogP contribution in [0.2, 0.25) is 5.02 Å². The SMILES string of the molecule is O=S(=O)(c1cnc2ccccc2c1)n1cc(C2=CCNCC2)c2cc(Cl)ccc21. The van der Waals surface area contributed by atoms with Crippen molar-refractivity contribution in [3.63, 3.8) is 0 Å². The molecule has 0 saturated carbocycles. The Morgan fingerprint density at radius 2 is 1.97 bits per heavy atom. The minimum atomic E-state index is -3.82. The summed E-state index contributed by atoms with van der Waals surface area (Å²) in [5.74, 6) is 0. The summed E-state index contributed by atoms with van der Waals surface area (Å²) in [6.45, 7) is 1.63. The van der Waals surface area contributed by atoms with Crippen molar-refractivity contribution >= 4 is 49.0 Å². The number of hydrogen-bond donors (Lipinski definition) is 1. The normalized spacial score (nSPS) is 15.0. The van der Waals surface area contributed by atoms with Crippen molar-refractivity contribution in [3.05, 3.63) is 77.6 Å². The molecule has 0 atom stereocenters. The second-order valence-corrected chi connectivity index (χ2v) is 9.30. The van der Waals surface area contributed by atoms with E-state index in [2.05, 4.69) is 16.4 Å². The van der Waals surface area contributed by atoms with Crippen molar-refractivity contribution in [1.29, 1.82) is 0 Å². The second kappa shape index (κ2) is 6.99. The van der Waals surface area contributed by atoms with Gasteiger partial charge in [0.25, 0.3) is 10.0 Å². The molecule has 2 aromatic heterocycles. The van der Waals surface area contributed by atoms with Gasteiger partial charge in [0.05, 0.1) is 11.0 Å². The molecule has 29 heavy (non-hydrogen) atoms. The largest absolute Gasteiger partial charge is 0.313 e. The average Bonchev–Trinajstić information content (AvgIpc) is 3.13. The highest BCUT2D eigenvalue weighted by Crippen LogP contribution is 2.34. The summed E-state index contributed by atoms with van der Waals surface area (Å²) >= 11 is 6.23. The summed E-state index contributed by atoms with van der Waals surface area (Å²) < 4.78 is 28.4. The number of nitrogens with one attached hydrogen (secondary N) is 1. The Morgan fingerprint density at radius 1 is 1.10 bits per heavy atom. The molecule has 2 aromatic carbocycles. The van der Waals surface area contributed by atoms with Crippen LogP contribution in [0.1, 0.15) is 12.0 Å². The van der Waals surface area contributed by atoms with E-state index in [4.69, 9.17) is 11.6 Å². The molecule has 0 saturated heterocycles. The fraction of sp³-hybridized carbons (Fsp3) is 0.136. The van der Waals surface area contributed by atoms with Crippen LogP contribution in [0.25, 0.3) is 27.4 Å². The smallest absolute Gasteiger partial charge is 0.269 e. The van der Waals surface area contributed by atoms with Crippen molar-refractivity contribution in [3.8, 4) is 0 Å². The zero-order valence-corrected chi connectivity index (χ0v) is 17.0. The number of halogens is 1. The van der Waals surface area contributed by atoms with Crippen molar-refractivity contribution in [2.24, 2.45) is 0 Å². The maximum atomic E-state index is 13.5. The van der Waals surface area contributed by atoms with E-state index in [-0.39, 0.29) is 4.90 Å². The highest BCUT2D eigenvalue weighted by molar-refractivity contribution is 7.90. The van der Waals surface area contributed by atoms with Crippen LogP contribution < -0.4 is 5.32 Å². The lowest BCUT2D eigenvalue weighted by Gasteiger charge is -2.13. The van der Waals surface area contributed by atoms with Gasteiger partial charge in [-0.2, -0.15) is 0 Å². The molecule has 1 aliphatic rings. The minimum Gasteiger partial charge on any atom is -0.313 e. The third kappa shape index (κ3) is 3.13. The maximum Gasteiger partial charge on any atom is 0.269 e. The predicted molar refractivity (Wildman–Crippen MR) is 117 cm³/mol. The Labute approximate surface area is 173 Å². The highest BCUT2D eigenvalue weighted by Gasteiger charge is 2.23. The zero-order valence-electron chi connectivity index (χ0n) is 15.5. The van der Waals surface area contributed by atoms with Gasteiger partial charge in [0.15, 0.2) is 0 Å². The van der Waals surface area contributed by atoms with E-state index in [0.717, 1.165) is 46.9 Å². The van der Waals surface area contributed by atoms with Gasteiger partial charge in [0.2, 0.25) is 0 Å². The molecule has 0 bridgehead atoms. The molecule has 7 heteroatoms. The molecule has 3 heterocycles. The quantitative estimate of drug-likeness (QED) is 0.528. The molecule has 0 unspecified atom stereocenters. The Morgan fingerprint density at radius 3 is 2.79 bits per heavy atom. The molecule has 0 amide bonds. The standard InChI is InChI=1S/C22H18ClN3O2S/c23-17-5-6-22-19(12-17)20(15-7-9-24-10-8-15)14-26(22)29(27,28)18-11-16-3-1-2-4-21(16)25-13-18/h1-7,11-14,24H,8-10H2. The molecule has 5 nitrogen and oxygen atoms in total. The van der Waals surface area contributed by atoms with Gasteiger partial charge < -0.3 is 5.32 Å². The first-order valence-electron chi connectivity index (χ1n) is 9.35. The molecular weight excluding hydrogens is 406 g/mol. The summed E-state index contributed by atoms with van der Waals surface area (Å²) in [6.07, 6.45) is 6.07. The van der Waals surface area contributed by atoms with Crippen molar-refractivity contribution in [1.82, 2.24) is 14.3 Å². The molecule has 0 aliphatic carbocycles. The molecule has 1 aliphatic heterocycles. The first-order valence-corrected chi connectivity index (χ1v) is 11.2. The summed E-state index contributed by atoms with van der Waals surface area (Å²) in [4.78, 5) is 4.49. The fourth-order valence-corrected chi connectivity index (χ4v) is 5.32. The fourth-order valence-electron chi connectivity index (χ4n) is 3.80. The Hall–Kier alpha value is -2.67. The topological polar surface area (TPSA) is 64.0 Å². The lowest BCUT2D eigenvalue weighted by Crippen LogP contribution is -2.20. The van der Waals surface area contributed by atoms with Gasteiger partial charge in [-0.05, 0) is 48.9 Å². The van der Waals surface area contributed by atoms with Crippen LogP contribution in [0.4, 0.5) is 0 Å². The Bertz CT molecular complexity index is 1390. The number of fused-ring (bicyclic) bond motifs is 2. The predicted octanol–water partition coefficient (Wildman–Crippen LogP) is 4.46. The number of aromatic nitrogens is 2. The van der Waals surface area contributed by atoms with E-state index in [0.29, 0.717) is 10.5 Å². The van der Waals surface area contributed by atoms with E-state index in [9.17, 15) is 8.42 Å². The highest BCUT2D eigenvalue weighted by atomic mass is 35.5. The van der Waals surface area contributed by atoms with Crippen LogP contribution in [-0.4, -0.2) is 30.5 Å². The lowest BCUT2D eigenvalue weighted by atomic mass is 10.00. The number of rotatable bonds is 3. The molecule has 1 N–H and O–H groups in total. The lowest BCUT2D eigenvalue weighted by molar-refractivity contribution is 0.589. The van der Waals surface area contributed by atoms with Gasteiger partial charge >= 0.3 is 0 Å². The molecule has 146 valence electrons. The van der Waals surface area contributed by atoms with Gasteiger partial charge in [-0.1, -0.05) is 35.9 Å². The molecule has 0 radical (unpaired) electrons. The first kappa shape index (κ1) is 18.4. The van der Waals surface area contributed by atoms with Crippen molar-refractivity contribution in [2.45, 2.75) is 11.3 Å². The van der Waals surface area contributed by atoms with Gasteiger partial charge in [-0.3, -0.25) is 4.98 Å². The summed E-state index contributed by atoms with van der Waals surface area (Å²) in [5.41, 5.74) is 3.40. The number of nitrogens with zero attached hydrogens (tertiary/aromatic N) is 2. The number of pyridine rings is 1. The minimum absolute atomic E-state index is 0.161. The molecule has 4 aromatic rings. The molecule has 0 fully saturated rings. The van der Waals surface area contributed by atoms with Gasteiger partial charge in [-0.25, -0.2) is 12.4 Å². The number of hydrogen-bond acceptors (Lipinski definition) is 4. The van der Waals surface area contributed by atoms with Crippen LogP contribution in [-0.2, 0) is 10.0 Å².